The van der Waals surface area contributed by atoms with Crippen LogP contribution in [0, 0.1) is 20.8 Å². The first-order valence-electron chi connectivity index (χ1n) is 6.15. The second-order valence-electron chi connectivity index (χ2n) is 4.53. The highest BCUT2D eigenvalue weighted by Gasteiger charge is 2.23. The predicted octanol–water partition coefficient (Wildman–Crippen LogP) is 1.47. The molecule has 0 spiro atoms. The van der Waals surface area contributed by atoms with Gasteiger partial charge in [0.15, 0.2) is 0 Å². The molecule has 1 aromatic rings. The molecule has 0 aliphatic carbocycles. The van der Waals surface area contributed by atoms with Gasteiger partial charge in [-0.2, -0.15) is 0 Å². The van der Waals surface area contributed by atoms with E-state index in [1.54, 1.807) is 33.8 Å². The molecule has 0 atom stereocenters. The van der Waals surface area contributed by atoms with Crippen molar-refractivity contribution in [1.29, 1.82) is 0 Å². The lowest BCUT2D eigenvalue weighted by Gasteiger charge is -2.16. The molecule has 20 heavy (non-hydrogen) atoms. The van der Waals surface area contributed by atoms with Crippen LogP contribution in [0.25, 0.3) is 0 Å². The molecule has 0 saturated heterocycles. The second-order valence-corrected chi connectivity index (χ2v) is 6.12. The van der Waals surface area contributed by atoms with Crippen LogP contribution in [0.3, 0.4) is 0 Å². The third-order valence-electron chi connectivity index (χ3n) is 2.97. The molecule has 0 fully saturated rings. The lowest BCUT2D eigenvalue weighted by molar-refractivity contribution is -0.136. The fourth-order valence-corrected chi connectivity index (χ4v) is 3.59. The number of benzene rings is 1. The van der Waals surface area contributed by atoms with Crippen molar-refractivity contribution in [2.75, 3.05) is 6.61 Å². The van der Waals surface area contributed by atoms with Gasteiger partial charge in [-0.25, -0.2) is 8.42 Å². The van der Waals surface area contributed by atoms with E-state index in [1.165, 1.54) is 0 Å². The Morgan fingerprint density at radius 2 is 1.90 bits per heavy atom. The number of hydrogen-bond acceptors (Lipinski definition) is 4. The van der Waals surface area contributed by atoms with Gasteiger partial charge in [-0.3, -0.25) is 9.63 Å². The number of hydrogen-bond donors (Lipinski definition) is 2. The number of sulfonamides is 1. The molecule has 0 unspecified atom stereocenters. The summed E-state index contributed by atoms with van der Waals surface area (Å²) in [5.74, 6) is -0.999. The highest BCUT2D eigenvalue weighted by Crippen LogP contribution is 2.26. The van der Waals surface area contributed by atoms with Gasteiger partial charge in [0.2, 0.25) is 0 Å². The summed E-state index contributed by atoms with van der Waals surface area (Å²) in [6.45, 7) is 6.91. The lowest BCUT2D eigenvalue weighted by atomic mass is 9.97. The second kappa shape index (κ2) is 6.34. The molecule has 1 aromatic carbocycles. The van der Waals surface area contributed by atoms with Gasteiger partial charge >= 0.3 is 5.97 Å². The maximum Gasteiger partial charge on any atom is 0.307 e. The van der Waals surface area contributed by atoms with Gasteiger partial charge in [0.25, 0.3) is 10.0 Å². The highest BCUT2D eigenvalue weighted by atomic mass is 32.2. The Morgan fingerprint density at radius 1 is 1.30 bits per heavy atom. The minimum atomic E-state index is -3.82. The number of carboxylic acids is 1. The van der Waals surface area contributed by atoms with Crippen LogP contribution >= 0.6 is 0 Å². The van der Waals surface area contributed by atoms with Crippen molar-refractivity contribution in [3.63, 3.8) is 0 Å². The maximum absolute atomic E-state index is 12.2. The molecule has 0 radical (unpaired) electrons. The van der Waals surface area contributed by atoms with Gasteiger partial charge < -0.3 is 5.11 Å². The number of rotatable bonds is 6. The van der Waals surface area contributed by atoms with E-state index in [1.807, 2.05) is 4.89 Å². The van der Waals surface area contributed by atoms with Crippen molar-refractivity contribution in [2.24, 2.45) is 0 Å². The Balaban J connectivity index is 3.44. The Kier molecular flexibility index (Phi) is 5.27. The zero-order chi connectivity index (χ0) is 15.5. The van der Waals surface area contributed by atoms with E-state index in [0.29, 0.717) is 16.7 Å². The summed E-state index contributed by atoms with van der Waals surface area (Å²) in [5.41, 5.74) is 2.27. The quantitative estimate of drug-likeness (QED) is 0.776. The van der Waals surface area contributed by atoms with Crippen molar-refractivity contribution in [2.45, 2.75) is 39.0 Å². The SMILES string of the molecule is CCONS(=O)(=O)c1c(C)cc(C)c(CC(=O)O)c1C. The average Bonchev–Trinajstić information content (AvgIpc) is 2.31. The van der Waals surface area contributed by atoms with Crippen LogP contribution in [-0.4, -0.2) is 26.1 Å². The number of carboxylic acid groups (broad SMARTS) is 1. The van der Waals surface area contributed by atoms with Crippen molar-refractivity contribution in [3.8, 4) is 0 Å². The van der Waals surface area contributed by atoms with Crippen LogP contribution in [-0.2, 0) is 26.1 Å². The van der Waals surface area contributed by atoms with Gasteiger partial charge in [-0.05, 0) is 49.9 Å². The van der Waals surface area contributed by atoms with E-state index < -0.39 is 16.0 Å². The molecule has 0 aliphatic rings. The van der Waals surface area contributed by atoms with Crippen molar-refractivity contribution >= 4 is 16.0 Å². The topological polar surface area (TPSA) is 92.7 Å². The molecule has 0 saturated carbocycles. The van der Waals surface area contributed by atoms with Crippen molar-refractivity contribution < 1.29 is 23.2 Å². The Hall–Kier alpha value is -1.44. The van der Waals surface area contributed by atoms with Crippen LogP contribution in [0.5, 0.6) is 0 Å². The van der Waals surface area contributed by atoms with Crippen LogP contribution in [0.4, 0.5) is 0 Å². The summed E-state index contributed by atoms with van der Waals surface area (Å²) in [7, 11) is -3.82. The number of carbonyl (C=O) groups is 1. The lowest BCUT2D eigenvalue weighted by Crippen LogP contribution is -2.26. The highest BCUT2D eigenvalue weighted by molar-refractivity contribution is 7.89. The fraction of sp³-hybridized carbons (Fsp3) is 0.462. The minimum Gasteiger partial charge on any atom is -0.481 e. The largest absolute Gasteiger partial charge is 0.481 e. The molecule has 0 heterocycles. The summed E-state index contributed by atoms with van der Waals surface area (Å²) < 4.78 is 24.4. The number of aryl methyl sites for hydroxylation is 2. The molecule has 1 rings (SSSR count). The average molecular weight is 301 g/mol. The third kappa shape index (κ3) is 3.56. The van der Waals surface area contributed by atoms with Gasteiger partial charge in [0.05, 0.1) is 17.9 Å². The van der Waals surface area contributed by atoms with E-state index in [-0.39, 0.29) is 17.9 Å². The monoisotopic (exact) mass is 301 g/mol. The molecule has 7 heteroatoms. The normalized spacial score (nSPS) is 11.6. The Morgan fingerprint density at radius 3 is 2.40 bits per heavy atom. The summed E-state index contributed by atoms with van der Waals surface area (Å²) in [6.07, 6.45) is -0.213. The molecular formula is C13H19NO5S. The smallest absolute Gasteiger partial charge is 0.307 e. The van der Waals surface area contributed by atoms with E-state index in [4.69, 9.17) is 9.94 Å². The van der Waals surface area contributed by atoms with E-state index in [9.17, 15) is 13.2 Å². The summed E-state index contributed by atoms with van der Waals surface area (Å²) >= 11 is 0. The summed E-state index contributed by atoms with van der Waals surface area (Å²) in [5, 5.41) is 8.93. The van der Waals surface area contributed by atoms with Gasteiger partial charge in [0, 0.05) is 0 Å². The number of aliphatic carboxylic acids is 1. The first kappa shape index (κ1) is 16.6. The van der Waals surface area contributed by atoms with Crippen LogP contribution in [0.15, 0.2) is 11.0 Å². The summed E-state index contributed by atoms with van der Waals surface area (Å²) in [6, 6.07) is 1.67. The first-order valence-corrected chi connectivity index (χ1v) is 7.64. The Labute approximate surface area is 118 Å². The van der Waals surface area contributed by atoms with E-state index >= 15 is 0 Å². The zero-order valence-corrected chi connectivity index (χ0v) is 12.8. The molecule has 0 aromatic heterocycles. The first-order chi connectivity index (χ1) is 9.20. The molecule has 112 valence electrons. The van der Waals surface area contributed by atoms with Gasteiger partial charge in [-0.15, -0.1) is 0 Å². The molecule has 0 aliphatic heterocycles. The molecule has 6 nitrogen and oxygen atoms in total. The minimum absolute atomic E-state index is 0.0767. The van der Waals surface area contributed by atoms with E-state index in [0.717, 1.165) is 5.56 Å². The third-order valence-corrected chi connectivity index (χ3v) is 4.47. The fourth-order valence-electron chi connectivity index (χ4n) is 2.22. The van der Waals surface area contributed by atoms with Crippen LogP contribution in [0.1, 0.15) is 29.2 Å². The van der Waals surface area contributed by atoms with Crippen LogP contribution < -0.4 is 4.89 Å². The van der Waals surface area contributed by atoms with E-state index in [2.05, 4.69) is 0 Å². The molecular weight excluding hydrogens is 282 g/mol. The van der Waals surface area contributed by atoms with Crippen molar-refractivity contribution in [1.82, 2.24) is 4.89 Å². The standard InChI is InChI=1S/C13H19NO5S/c1-5-19-14-20(17,18)13-9(3)6-8(2)11(10(13)4)7-12(15)16/h6,14H,5,7H2,1-4H3,(H,15,16). The number of nitrogens with one attached hydrogen (secondary N) is 1. The van der Waals surface area contributed by atoms with Crippen LogP contribution in [0.2, 0.25) is 0 Å². The Bertz CT molecular complexity index is 622. The summed E-state index contributed by atoms with van der Waals surface area (Å²) in [4.78, 5) is 17.8. The molecule has 0 amide bonds. The molecule has 0 bridgehead atoms. The maximum atomic E-state index is 12.2. The molecule has 2 N–H and O–H groups in total. The van der Waals surface area contributed by atoms with Gasteiger partial charge in [0.1, 0.15) is 0 Å². The van der Waals surface area contributed by atoms with Crippen molar-refractivity contribution in [3.05, 3.63) is 28.3 Å². The zero-order valence-electron chi connectivity index (χ0n) is 12.0. The van der Waals surface area contributed by atoms with Gasteiger partial charge in [-0.1, -0.05) is 11.0 Å². The predicted molar refractivity (Wildman–Crippen MR) is 73.9 cm³/mol.